The summed E-state index contributed by atoms with van der Waals surface area (Å²) in [6, 6.07) is 1.67. The maximum Gasteiger partial charge on any atom is 0.168 e. The van der Waals surface area contributed by atoms with Gasteiger partial charge in [-0.25, -0.2) is 4.98 Å². The van der Waals surface area contributed by atoms with E-state index in [0.29, 0.717) is 17.1 Å². The number of carbonyl (C=O) groups excluding carboxylic acids is 1. The molecule has 1 rings (SSSR count). The van der Waals surface area contributed by atoms with Crippen molar-refractivity contribution in [3.63, 3.8) is 0 Å². The zero-order valence-corrected chi connectivity index (χ0v) is 8.11. The molecule has 0 bridgehead atoms. The lowest BCUT2D eigenvalue weighted by molar-refractivity contribution is 0.111. The number of aromatic nitrogens is 1. The van der Waals surface area contributed by atoms with Crippen LogP contribution in [0.4, 0.5) is 0 Å². The number of rotatable bonds is 1. The molecule has 0 aliphatic carbocycles. The van der Waals surface area contributed by atoms with E-state index in [1.54, 1.807) is 6.07 Å². The average molecular weight is 234 g/mol. The molecule has 1 heterocycles. The van der Waals surface area contributed by atoms with Crippen LogP contribution in [0.5, 0.6) is 0 Å². The Morgan fingerprint density at radius 3 is 2.82 bits per heavy atom. The van der Waals surface area contributed by atoms with Crippen LogP contribution in [-0.4, -0.2) is 11.3 Å². The SMILES string of the molecule is Cc1cc(C=O)nc(Cl)c1Br. The first-order chi connectivity index (χ1) is 5.15. The third-order valence-electron chi connectivity index (χ3n) is 1.24. The lowest BCUT2D eigenvalue weighted by atomic mass is 10.2. The van der Waals surface area contributed by atoms with Crippen molar-refractivity contribution < 1.29 is 4.79 Å². The Morgan fingerprint density at radius 2 is 2.36 bits per heavy atom. The van der Waals surface area contributed by atoms with Crippen molar-refractivity contribution in [1.82, 2.24) is 4.98 Å². The van der Waals surface area contributed by atoms with Crippen LogP contribution in [-0.2, 0) is 0 Å². The number of hydrogen-bond acceptors (Lipinski definition) is 2. The van der Waals surface area contributed by atoms with E-state index in [1.807, 2.05) is 6.92 Å². The third kappa shape index (κ3) is 1.79. The predicted octanol–water partition coefficient (Wildman–Crippen LogP) is 2.62. The highest BCUT2D eigenvalue weighted by Gasteiger charge is 2.03. The second-order valence-electron chi connectivity index (χ2n) is 2.09. The van der Waals surface area contributed by atoms with Gasteiger partial charge in [-0.05, 0) is 34.5 Å². The second kappa shape index (κ2) is 3.32. The van der Waals surface area contributed by atoms with Crippen LogP contribution in [0.1, 0.15) is 16.1 Å². The van der Waals surface area contributed by atoms with Crippen LogP contribution in [0.2, 0.25) is 5.15 Å². The first kappa shape index (κ1) is 8.68. The van der Waals surface area contributed by atoms with E-state index in [9.17, 15) is 4.79 Å². The quantitative estimate of drug-likeness (QED) is 0.552. The second-order valence-corrected chi connectivity index (χ2v) is 3.24. The molecule has 58 valence electrons. The number of pyridine rings is 1. The van der Waals surface area contributed by atoms with E-state index in [0.717, 1.165) is 10.0 Å². The zero-order valence-electron chi connectivity index (χ0n) is 5.77. The molecule has 0 N–H and O–H groups in total. The molecule has 0 radical (unpaired) electrons. The summed E-state index contributed by atoms with van der Waals surface area (Å²) in [4.78, 5) is 14.1. The Balaban J connectivity index is 3.31. The van der Waals surface area contributed by atoms with Gasteiger partial charge in [-0.2, -0.15) is 0 Å². The molecule has 4 heteroatoms. The normalized spacial score (nSPS) is 9.73. The Kier molecular flexibility index (Phi) is 2.62. The standard InChI is InChI=1S/C7H5BrClNO/c1-4-2-5(3-11)10-7(9)6(4)8/h2-3H,1H3. The van der Waals surface area contributed by atoms with Crippen LogP contribution in [0.25, 0.3) is 0 Å². The topological polar surface area (TPSA) is 30.0 Å². The smallest absolute Gasteiger partial charge is 0.168 e. The predicted molar refractivity (Wildman–Crippen MR) is 47.1 cm³/mol. The number of carbonyl (C=O) groups is 1. The van der Waals surface area contributed by atoms with Crippen molar-refractivity contribution in [1.29, 1.82) is 0 Å². The summed E-state index contributed by atoms with van der Waals surface area (Å²) in [6.45, 7) is 1.85. The highest BCUT2D eigenvalue weighted by Crippen LogP contribution is 2.23. The van der Waals surface area contributed by atoms with Gasteiger partial charge in [-0.1, -0.05) is 11.6 Å². The lowest BCUT2D eigenvalue weighted by Gasteiger charge is -1.99. The minimum Gasteiger partial charge on any atom is -0.296 e. The molecule has 0 saturated carbocycles. The molecule has 0 aromatic carbocycles. The van der Waals surface area contributed by atoms with E-state index >= 15 is 0 Å². The molecule has 1 aromatic heterocycles. The molecule has 11 heavy (non-hydrogen) atoms. The zero-order chi connectivity index (χ0) is 8.43. The summed E-state index contributed by atoms with van der Waals surface area (Å²) in [6.07, 6.45) is 0.672. The third-order valence-corrected chi connectivity index (χ3v) is 2.74. The van der Waals surface area contributed by atoms with E-state index in [1.165, 1.54) is 0 Å². The largest absolute Gasteiger partial charge is 0.296 e. The van der Waals surface area contributed by atoms with Gasteiger partial charge < -0.3 is 0 Å². The Hall–Kier alpha value is -0.410. The molecule has 0 unspecified atom stereocenters. The van der Waals surface area contributed by atoms with Gasteiger partial charge in [0.15, 0.2) is 6.29 Å². The van der Waals surface area contributed by atoms with Crippen LogP contribution < -0.4 is 0 Å². The number of aryl methyl sites for hydroxylation is 1. The molecule has 2 nitrogen and oxygen atoms in total. The van der Waals surface area contributed by atoms with Crippen molar-refractivity contribution in [2.24, 2.45) is 0 Å². The molecular weight excluding hydrogens is 229 g/mol. The summed E-state index contributed by atoms with van der Waals surface area (Å²) in [5.41, 5.74) is 1.27. The summed E-state index contributed by atoms with van der Waals surface area (Å²) in [5, 5.41) is 0.326. The number of nitrogens with zero attached hydrogens (tertiary/aromatic N) is 1. The monoisotopic (exact) mass is 233 g/mol. The molecule has 0 spiro atoms. The number of hydrogen-bond donors (Lipinski definition) is 0. The molecule has 0 aliphatic heterocycles. The molecule has 0 atom stereocenters. The maximum atomic E-state index is 10.3. The lowest BCUT2D eigenvalue weighted by Crippen LogP contribution is -1.90. The van der Waals surface area contributed by atoms with Gasteiger partial charge in [0, 0.05) is 0 Å². The fourth-order valence-corrected chi connectivity index (χ4v) is 1.15. The Morgan fingerprint density at radius 1 is 1.73 bits per heavy atom. The average Bonchev–Trinajstić information content (AvgIpc) is 1.99. The Bertz CT molecular complexity index is 277. The van der Waals surface area contributed by atoms with Gasteiger partial charge in [-0.3, -0.25) is 4.79 Å². The minimum atomic E-state index is 0.326. The van der Waals surface area contributed by atoms with Crippen LogP contribution in [0, 0.1) is 6.92 Å². The van der Waals surface area contributed by atoms with E-state index in [2.05, 4.69) is 20.9 Å². The van der Waals surface area contributed by atoms with Gasteiger partial charge in [0.1, 0.15) is 10.8 Å². The summed E-state index contributed by atoms with van der Waals surface area (Å²) in [5.74, 6) is 0. The maximum absolute atomic E-state index is 10.3. The van der Waals surface area contributed by atoms with Crippen LogP contribution in [0.15, 0.2) is 10.5 Å². The molecule has 0 aliphatic rings. The highest BCUT2D eigenvalue weighted by molar-refractivity contribution is 9.10. The molecule has 1 aromatic rings. The van der Waals surface area contributed by atoms with E-state index in [-0.39, 0.29) is 0 Å². The van der Waals surface area contributed by atoms with Crippen molar-refractivity contribution in [2.75, 3.05) is 0 Å². The van der Waals surface area contributed by atoms with Crippen molar-refractivity contribution in [3.8, 4) is 0 Å². The van der Waals surface area contributed by atoms with E-state index < -0.39 is 0 Å². The highest BCUT2D eigenvalue weighted by atomic mass is 79.9. The Labute approximate surface area is 77.7 Å². The van der Waals surface area contributed by atoms with Gasteiger partial charge in [0.2, 0.25) is 0 Å². The molecule has 0 amide bonds. The summed E-state index contributed by atoms with van der Waals surface area (Å²) < 4.78 is 0.741. The summed E-state index contributed by atoms with van der Waals surface area (Å²) >= 11 is 8.91. The van der Waals surface area contributed by atoms with Crippen LogP contribution in [0.3, 0.4) is 0 Å². The fraction of sp³-hybridized carbons (Fsp3) is 0.143. The van der Waals surface area contributed by atoms with Gasteiger partial charge in [-0.15, -0.1) is 0 Å². The first-order valence-electron chi connectivity index (χ1n) is 2.93. The number of aldehydes is 1. The fourth-order valence-electron chi connectivity index (χ4n) is 0.703. The van der Waals surface area contributed by atoms with Gasteiger partial charge in [0.25, 0.3) is 0 Å². The number of halogens is 2. The minimum absolute atomic E-state index is 0.326. The van der Waals surface area contributed by atoms with Crippen LogP contribution >= 0.6 is 27.5 Å². The first-order valence-corrected chi connectivity index (χ1v) is 4.10. The van der Waals surface area contributed by atoms with Crippen molar-refractivity contribution in [3.05, 3.63) is 26.9 Å². The van der Waals surface area contributed by atoms with Crippen molar-refractivity contribution >= 4 is 33.8 Å². The van der Waals surface area contributed by atoms with Crippen molar-refractivity contribution in [2.45, 2.75) is 6.92 Å². The van der Waals surface area contributed by atoms with E-state index in [4.69, 9.17) is 11.6 Å². The molecular formula is C7H5BrClNO. The summed E-state index contributed by atoms with van der Waals surface area (Å²) in [7, 11) is 0. The van der Waals surface area contributed by atoms with Gasteiger partial charge in [0.05, 0.1) is 4.47 Å². The molecule has 0 saturated heterocycles. The van der Waals surface area contributed by atoms with Gasteiger partial charge >= 0.3 is 0 Å². The molecule has 0 fully saturated rings.